The normalized spacial score (nSPS) is 17.5. The minimum atomic E-state index is -0.127. The number of para-hydroxylation sites is 1. The molecule has 114 valence electrons. The van der Waals surface area contributed by atoms with E-state index in [9.17, 15) is 4.79 Å². The van der Waals surface area contributed by atoms with Gasteiger partial charge >= 0.3 is 0 Å². The van der Waals surface area contributed by atoms with Crippen LogP contribution in [0.25, 0.3) is 0 Å². The van der Waals surface area contributed by atoms with Gasteiger partial charge in [-0.15, -0.1) is 0 Å². The molecule has 0 N–H and O–H groups in total. The summed E-state index contributed by atoms with van der Waals surface area (Å²) >= 11 is 8.34. The number of hydrogen-bond acceptors (Lipinski definition) is 3. The summed E-state index contributed by atoms with van der Waals surface area (Å²) in [4.78, 5) is 12.8. The smallest absolute Gasteiger partial charge is 0.198 e. The Balaban J connectivity index is 1.93. The molecule has 1 fully saturated rings. The zero-order valence-corrected chi connectivity index (χ0v) is 14.6. The number of halogens is 2. The summed E-state index contributed by atoms with van der Waals surface area (Å²) < 4.78 is 12.2. The molecule has 1 aliphatic rings. The first-order valence-corrected chi connectivity index (χ1v) is 8.44. The van der Waals surface area contributed by atoms with Gasteiger partial charge in [0.25, 0.3) is 0 Å². The van der Waals surface area contributed by atoms with E-state index in [1.54, 1.807) is 18.2 Å². The average Bonchev–Trinajstić information content (AvgIpc) is 3.02. The van der Waals surface area contributed by atoms with Crippen molar-refractivity contribution >= 4 is 40.0 Å². The number of carbonyl (C=O) groups is 1. The molecule has 0 saturated carbocycles. The van der Waals surface area contributed by atoms with Crippen LogP contribution in [0.3, 0.4) is 0 Å². The van der Waals surface area contributed by atoms with E-state index in [-0.39, 0.29) is 11.9 Å². The second-order valence-electron chi connectivity index (χ2n) is 5.05. The van der Waals surface area contributed by atoms with Gasteiger partial charge in [0.2, 0.25) is 0 Å². The van der Waals surface area contributed by atoms with E-state index in [4.69, 9.17) is 21.1 Å². The summed E-state index contributed by atoms with van der Waals surface area (Å²) in [6.07, 6.45) is 0.840. The Bertz CT molecular complexity index is 696. The fraction of sp³-hybridized carbons (Fsp3) is 0.235. The van der Waals surface area contributed by atoms with Crippen LogP contribution in [0.1, 0.15) is 22.3 Å². The molecular weight excluding hydrogens is 415 g/mol. The topological polar surface area (TPSA) is 35.5 Å². The highest BCUT2D eigenvalue weighted by atomic mass is 127. The maximum Gasteiger partial charge on any atom is 0.198 e. The molecule has 3 nitrogen and oxygen atoms in total. The Morgan fingerprint density at radius 3 is 2.82 bits per heavy atom. The number of ether oxygens (including phenoxy) is 2. The minimum absolute atomic E-state index is 0.000307. The molecule has 0 unspecified atom stereocenters. The maximum atomic E-state index is 12.8. The summed E-state index contributed by atoms with van der Waals surface area (Å²) in [5.74, 6) is 0.455. The maximum absolute atomic E-state index is 12.8. The van der Waals surface area contributed by atoms with Crippen LogP contribution in [-0.2, 0) is 4.74 Å². The highest BCUT2D eigenvalue weighted by molar-refractivity contribution is 14.1. The Kier molecular flexibility index (Phi) is 5.00. The summed E-state index contributed by atoms with van der Waals surface area (Å²) in [5.41, 5.74) is 1.02. The molecule has 0 aliphatic carbocycles. The Morgan fingerprint density at radius 1 is 1.23 bits per heavy atom. The van der Waals surface area contributed by atoms with Gasteiger partial charge in [-0.3, -0.25) is 4.79 Å². The van der Waals surface area contributed by atoms with Crippen LogP contribution in [0.15, 0.2) is 42.5 Å². The number of rotatable bonds is 4. The van der Waals surface area contributed by atoms with Crippen LogP contribution < -0.4 is 4.74 Å². The molecule has 1 saturated heterocycles. The van der Waals surface area contributed by atoms with Crippen molar-refractivity contribution in [1.29, 1.82) is 0 Å². The lowest BCUT2D eigenvalue weighted by molar-refractivity contribution is 0.102. The molecule has 1 heterocycles. The zero-order chi connectivity index (χ0) is 15.5. The molecule has 2 aromatic rings. The Morgan fingerprint density at radius 2 is 2.05 bits per heavy atom. The van der Waals surface area contributed by atoms with Gasteiger partial charge in [0.05, 0.1) is 23.8 Å². The second-order valence-corrected chi connectivity index (χ2v) is 6.71. The summed E-state index contributed by atoms with van der Waals surface area (Å²) in [6, 6.07) is 12.7. The lowest BCUT2D eigenvalue weighted by Gasteiger charge is -2.15. The molecule has 2 aromatic carbocycles. The lowest BCUT2D eigenvalue weighted by Crippen LogP contribution is -2.17. The first kappa shape index (κ1) is 15.8. The van der Waals surface area contributed by atoms with Gasteiger partial charge in [-0.1, -0.05) is 23.7 Å². The highest BCUT2D eigenvalue weighted by Gasteiger charge is 2.22. The van der Waals surface area contributed by atoms with Crippen LogP contribution in [-0.4, -0.2) is 25.1 Å². The third kappa shape index (κ3) is 3.45. The third-order valence-electron chi connectivity index (χ3n) is 3.49. The van der Waals surface area contributed by atoms with E-state index < -0.39 is 0 Å². The number of benzene rings is 2. The van der Waals surface area contributed by atoms with Gasteiger partial charge in [0.1, 0.15) is 11.9 Å². The van der Waals surface area contributed by atoms with Crippen LogP contribution in [0.5, 0.6) is 5.75 Å². The van der Waals surface area contributed by atoms with Crippen LogP contribution in [0, 0.1) is 3.57 Å². The zero-order valence-electron chi connectivity index (χ0n) is 11.7. The third-order valence-corrected chi connectivity index (χ3v) is 4.49. The van der Waals surface area contributed by atoms with Crippen LogP contribution in [0.4, 0.5) is 0 Å². The molecule has 0 bridgehead atoms. The SMILES string of the molecule is O=C(c1cc(I)ccc1Cl)c1ccccc1O[C@@H]1CCOC1. The lowest BCUT2D eigenvalue weighted by atomic mass is 10.0. The first-order valence-electron chi connectivity index (χ1n) is 6.98. The predicted molar refractivity (Wildman–Crippen MR) is 93.9 cm³/mol. The van der Waals surface area contributed by atoms with Gasteiger partial charge in [-0.25, -0.2) is 0 Å². The molecule has 0 aromatic heterocycles. The van der Waals surface area contributed by atoms with Crippen molar-refractivity contribution in [2.24, 2.45) is 0 Å². The van der Waals surface area contributed by atoms with E-state index in [1.807, 2.05) is 24.3 Å². The largest absolute Gasteiger partial charge is 0.487 e. The van der Waals surface area contributed by atoms with E-state index >= 15 is 0 Å². The summed E-state index contributed by atoms with van der Waals surface area (Å²) in [5, 5.41) is 0.449. The van der Waals surface area contributed by atoms with Crippen molar-refractivity contribution < 1.29 is 14.3 Å². The van der Waals surface area contributed by atoms with Crippen molar-refractivity contribution in [3.05, 3.63) is 62.2 Å². The second kappa shape index (κ2) is 6.98. The number of ketones is 1. The molecule has 5 heteroatoms. The fourth-order valence-electron chi connectivity index (χ4n) is 2.36. The van der Waals surface area contributed by atoms with Crippen molar-refractivity contribution in [3.8, 4) is 5.75 Å². The Labute approximate surface area is 147 Å². The van der Waals surface area contributed by atoms with E-state index in [0.29, 0.717) is 35.1 Å². The van der Waals surface area contributed by atoms with E-state index in [1.165, 1.54) is 0 Å². The van der Waals surface area contributed by atoms with Crippen molar-refractivity contribution in [2.45, 2.75) is 12.5 Å². The minimum Gasteiger partial charge on any atom is -0.487 e. The van der Waals surface area contributed by atoms with Crippen molar-refractivity contribution in [2.75, 3.05) is 13.2 Å². The standard InChI is InChI=1S/C17H14ClIO3/c18-15-6-5-11(19)9-14(15)17(20)13-3-1-2-4-16(13)22-12-7-8-21-10-12/h1-6,9,12H,7-8,10H2/t12-/m1/s1. The fourth-order valence-corrected chi connectivity index (χ4v) is 3.05. The average molecular weight is 429 g/mol. The Hall–Kier alpha value is -1.11. The molecule has 1 aliphatic heterocycles. The molecule has 3 rings (SSSR count). The molecule has 1 atom stereocenters. The predicted octanol–water partition coefficient (Wildman–Crippen LogP) is 4.34. The number of carbonyl (C=O) groups excluding carboxylic acids is 1. The van der Waals surface area contributed by atoms with Gasteiger partial charge in [-0.05, 0) is 52.9 Å². The number of hydrogen-bond donors (Lipinski definition) is 0. The van der Waals surface area contributed by atoms with Crippen LogP contribution in [0.2, 0.25) is 5.02 Å². The van der Waals surface area contributed by atoms with Crippen molar-refractivity contribution in [3.63, 3.8) is 0 Å². The molecule has 22 heavy (non-hydrogen) atoms. The van der Waals surface area contributed by atoms with Crippen molar-refractivity contribution in [1.82, 2.24) is 0 Å². The monoisotopic (exact) mass is 428 g/mol. The molecule has 0 spiro atoms. The van der Waals surface area contributed by atoms with Crippen LogP contribution >= 0.6 is 34.2 Å². The highest BCUT2D eigenvalue weighted by Crippen LogP contribution is 2.28. The molecule has 0 amide bonds. The molecule has 0 radical (unpaired) electrons. The van der Waals surface area contributed by atoms with Gasteiger partial charge in [0, 0.05) is 15.6 Å². The summed E-state index contributed by atoms with van der Waals surface area (Å²) in [6.45, 7) is 1.26. The quantitative estimate of drug-likeness (QED) is 0.537. The van der Waals surface area contributed by atoms with Gasteiger partial charge in [0.15, 0.2) is 5.78 Å². The first-order chi connectivity index (χ1) is 10.6. The van der Waals surface area contributed by atoms with Gasteiger partial charge < -0.3 is 9.47 Å². The van der Waals surface area contributed by atoms with Gasteiger partial charge in [-0.2, -0.15) is 0 Å². The van der Waals surface area contributed by atoms with E-state index in [0.717, 1.165) is 9.99 Å². The summed E-state index contributed by atoms with van der Waals surface area (Å²) in [7, 11) is 0. The molecular formula is C17H14ClIO3. The van der Waals surface area contributed by atoms with E-state index in [2.05, 4.69) is 22.6 Å².